The number of carbonyl (C=O) groups is 1. The molecule has 0 radical (unpaired) electrons. The number of hydrogen-bond acceptors (Lipinski definition) is 4. The molecule has 2 N–H and O–H groups in total. The van der Waals surface area contributed by atoms with Crippen LogP contribution < -0.4 is 11.0 Å². The summed E-state index contributed by atoms with van der Waals surface area (Å²) in [6.07, 6.45) is 4.69. The molecule has 136 valence electrons. The number of fused-ring (bicyclic) bond motifs is 1. The highest BCUT2D eigenvalue weighted by Crippen LogP contribution is 2.37. The van der Waals surface area contributed by atoms with E-state index in [1.54, 1.807) is 4.68 Å². The smallest absolute Gasteiger partial charge is 0.343 e. The highest BCUT2D eigenvalue weighted by atomic mass is 16.2. The van der Waals surface area contributed by atoms with Crippen molar-refractivity contribution < 1.29 is 4.79 Å². The van der Waals surface area contributed by atoms with Crippen LogP contribution in [0.25, 0.3) is 0 Å². The lowest BCUT2D eigenvalue weighted by atomic mass is 10.0. The molecule has 7 heteroatoms. The molecule has 7 nitrogen and oxygen atoms in total. The third-order valence-corrected chi connectivity index (χ3v) is 5.82. The number of nitrogens with zero attached hydrogens (tertiary/aromatic N) is 3. The molecule has 1 aromatic carbocycles. The summed E-state index contributed by atoms with van der Waals surface area (Å²) in [4.78, 5) is 30.0. The predicted molar refractivity (Wildman–Crippen MR) is 97.6 cm³/mol. The zero-order valence-electron chi connectivity index (χ0n) is 14.7. The minimum Gasteiger partial charge on any atom is -0.384 e. The highest BCUT2D eigenvalue weighted by Gasteiger charge is 2.31. The van der Waals surface area contributed by atoms with Crippen molar-refractivity contribution in [1.29, 1.82) is 0 Å². The van der Waals surface area contributed by atoms with Gasteiger partial charge in [-0.05, 0) is 49.8 Å². The van der Waals surface area contributed by atoms with Crippen molar-refractivity contribution in [3.05, 3.63) is 45.6 Å². The summed E-state index contributed by atoms with van der Waals surface area (Å²) < 4.78 is 1.61. The maximum Gasteiger partial charge on any atom is 0.343 e. The van der Waals surface area contributed by atoms with E-state index in [-0.39, 0.29) is 17.6 Å². The second kappa shape index (κ2) is 6.00. The van der Waals surface area contributed by atoms with Gasteiger partial charge in [-0.15, -0.1) is 0 Å². The number of benzene rings is 1. The fourth-order valence-corrected chi connectivity index (χ4v) is 4.17. The Morgan fingerprint density at radius 3 is 2.73 bits per heavy atom. The Kier molecular flexibility index (Phi) is 3.62. The van der Waals surface area contributed by atoms with Gasteiger partial charge in [-0.2, -0.15) is 5.10 Å². The molecular weight excluding hydrogens is 330 g/mol. The van der Waals surface area contributed by atoms with Crippen LogP contribution in [0.2, 0.25) is 0 Å². The van der Waals surface area contributed by atoms with Gasteiger partial charge in [-0.25, -0.2) is 9.48 Å². The zero-order valence-corrected chi connectivity index (χ0v) is 14.7. The lowest BCUT2D eigenvalue weighted by Gasteiger charge is -2.32. The van der Waals surface area contributed by atoms with E-state index >= 15 is 0 Å². The van der Waals surface area contributed by atoms with Crippen molar-refractivity contribution in [3.63, 3.8) is 0 Å². The topological polar surface area (TPSA) is 83.0 Å². The quantitative estimate of drug-likeness (QED) is 0.883. The molecule has 1 aliphatic carbocycles. The number of likely N-dealkylation sites (tertiary alicyclic amines) is 1. The summed E-state index contributed by atoms with van der Waals surface area (Å²) >= 11 is 0. The SMILES string of the molecule is O=C(c1cccc2c1CCN2)N1CCC(n2nc(C3CC3)[nH]c2=O)CC1. The van der Waals surface area contributed by atoms with E-state index in [4.69, 9.17) is 0 Å². The van der Waals surface area contributed by atoms with Gasteiger partial charge in [0.25, 0.3) is 5.91 Å². The number of rotatable bonds is 3. The first-order chi connectivity index (χ1) is 12.7. The summed E-state index contributed by atoms with van der Waals surface area (Å²) in [7, 11) is 0. The number of amides is 1. The Morgan fingerprint density at radius 2 is 1.96 bits per heavy atom. The molecule has 0 unspecified atom stereocenters. The molecule has 26 heavy (non-hydrogen) atoms. The van der Waals surface area contributed by atoms with Crippen LogP contribution in [0.15, 0.2) is 23.0 Å². The molecule has 0 spiro atoms. The van der Waals surface area contributed by atoms with E-state index in [1.165, 1.54) is 0 Å². The minimum absolute atomic E-state index is 0.0819. The monoisotopic (exact) mass is 353 g/mol. The third kappa shape index (κ3) is 2.62. The van der Waals surface area contributed by atoms with Gasteiger partial charge in [0, 0.05) is 36.8 Å². The van der Waals surface area contributed by atoms with E-state index in [0.717, 1.165) is 61.3 Å². The average Bonchev–Trinajstić information content (AvgIpc) is 3.27. The van der Waals surface area contributed by atoms with Crippen molar-refractivity contribution in [2.24, 2.45) is 0 Å². The molecule has 0 atom stereocenters. The number of nitrogens with one attached hydrogen (secondary N) is 2. The Hall–Kier alpha value is -2.57. The Labute approximate surface area is 151 Å². The first-order valence-corrected chi connectivity index (χ1v) is 9.54. The van der Waals surface area contributed by atoms with Gasteiger partial charge in [0.1, 0.15) is 5.82 Å². The van der Waals surface area contributed by atoms with Crippen LogP contribution in [0.5, 0.6) is 0 Å². The summed E-state index contributed by atoms with van der Waals surface area (Å²) in [6.45, 7) is 2.23. The molecule has 1 amide bonds. The van der Waals surface area contributed by atoms with Crippen LogP contribution in [0, 0.1) is 0 Å². The fourth-order valence-electron chi connectivity index (χ4n) is 4.17. The second-order valence-electron chi connectivity index (χ2n) is 7.57. The molecule has 3 aliphatic rings. The predicted octanol–water partition coefficient (Wildman–Crippen LogP) is 1.89. The molecular formula is C19H23N5O2. The number of piperidine rings is 1. The molecule has 5 rings (SSSR count). The number of carbonyl (C=O) groups excluding carboxylic acids is 1. The van der Waals surface area contributed by atoms with Crippen molar-refractivity contribution in [2.75, 3.05) is 25.0 Å². The minimum atomic E-state index is -0.108. The third-order valence-electron chi connectivity index (χ3n) is 5.82. The zero-order chi connectivity index (χ0) is 17.7. The van der Waals surface area contributed by atoms with E-state index in [0.29, 0.717) is 19.0 Å². The molecule has 1 saturated carbocycles. The van der Waals surface area contributed by atoms with Crippen LogP contribution in [-0.4, -0.2) is 45.2 Å². The maximum atomic E-state index is 13.0. The van der Waals surface area contributed by atoms with Crippen LogP contribution in [0.1, 0.15) is 59.4 Å². The number of H-pyrrole nitrogens is 1. The van der Waals surface area contributed by atoms with Gasteiger partial charge in [0.15, 0.2) is 0 Å². The number of anilines is 1. The van der Waals surface area contributed by atoms with Gasteiger partial charge in [-0.1, -0.05) is 6.07 Å². The van der Waals surface area contributed by atoms with E-state index in [2.05, 4.69) is 15.4 Å². The van der Waals surface area contributed by atoms with Crippen molar-refractivity contribution in [3.8, 4) is 0 Å². The molecule has 3 heterocycles. The average molecular weight is 353 g/mol. The van der Waals surface area contributed by atoms with E-state index < -0.39 is 0 Å². The van der Waals surface area contributed by atoms with Crippen LogP contribution in [-0.2, 0) is 6.42 Å². The first-order valence-electron chi connectivity index (χ1n) is 9.54. The Balaban J connectivity index is 1.29. The molecule has 0 bridgehead atoms. The lowest BCUT2D eigenvalue weighted by molar-refractivity contribution is 0.0687. The van der Waals surface area contributed by atoms with E-state index in [1.807, 2.05) is 23.1 Å². The van der Waals surface area contributed by atoms with Crippen molar-refractivity contribution in [1.82, 2.24) is 19.7 Å². The molecule has 1 aromatic heterocycles. The summed E-state index contributed by atoms with van der Waals surface area (Å²) in [5.74, 6) is 1.39. The standard InChI is InChI=1S/C19H23N5O2/c25-18(15-2-1-3-16-14(15)6-9-20-16)23-10-7-13(8-11-23)24-19(26)21-17(22-24)12-4-5-12/h1-3,12-13,20H,4-11H2,(H,21,22,26). The first kappa shape index (κ1) is 15.7. The molecule has 1 saturated heterocycles. The van der Waals surface area contributed by atoms with Gasteiger partial charge < -0.3 is 10.2 Å². The van der Waals surface area contributed by atoms with Gasteiger partial charge in [-0.3, -0.25) is 9.78 Å². The molecule has 2 aromatic rings. The van der Waals surface area contributed by atoms with Crippen LogP contribution in [0.4, 0.5) is 5.69 Å². The van der Waals surface area contributed by atoms with E-state index in [9.17, 15) is 9.59 Å². The Morgan fingerprint density at radius 1 is 1.15 bits per heavy atom. The molecule has 2 aliphatic heterocycles. The highest BCUT2D eigenvalue weighted by molar-refractivity contribution is 5.97. The number of aromatic amines is 1. The van der Waals surface area contributed by atoms with Gasteiger partial charge in [0.05, 0.1) is 6.04 Å². The van der Waals surface area contributed by atoms with Crippen molar-refractivity contribution >= 4 is 11.6 Å². The lowest BCUT2D eigenvalue weighted by Crippen LogP contribution is -2.41. The second-order valence-corrected chi connectivity index (χ2v) is 7.57. The van der Waals surface area contributed by atoms with Gasteiger partial charge in [0.2, 0.25) is 0 Å². The maximum absolute atomic E-state index is 13.0. The van der Waals surface area contributed by atoms with Gasteiger partial charge >= 0.3 is 5.69 Å². The normalized spacial score (nSPS) is 20.1. The summed E-state index contributed by atoms with van der Waals surface area (Å²) in [6, 6.07) is 5.99. The summed E-state index contributed by atoms with van der Waals surface area (Å²) in [5, 5.41) is 7.84. The number of hydrogen-bond donors (Lipinski definition) is 2. The van der Waals surface area contributed by atoms with Crippen molar-refractivity contribution in [2.45, 2.75) is 44.1 Å². The number of aromatic nitrogens is 3. The van der Waals surface area contributed by atoms with Crippen LogP contribution >= 0.6 is 0 Å². The Bertz CT molecular complexity index is 903. The van der Waals surface area contributed by atoms with Crippen LogP contribution in [0.3, 0.4) is 0 Å². The summed E-state index contributed by atoms with van der Waals surface area (Å²) in [5.41, 5.74) is 2.93. The molecule has 2 fully saturated rings. The largest absolute Gasteiger partial charge is 0.384 e. The fraction of sp³-hybridized carbons (Fsp3) is 0.526.